The summed E-state index contributed by atoms with van der Waals surface area (Å²) in [5, 5.41) is 13.5. The first kappa shape index (κ1) is 19.3. The van der Waals surface area contributed by atoms with Gasteiger partial charge in [-0.05, 0) is 53.2 Å². The summed E-state index contributed by atoms with van der Waals surface area (Å²) in [5.74, 6) is 0.764. The number of rotatable bonds is 6. The Morgan fingerprint density at radius 3 is 2.38 bits per heavy atom. The first-order chi connectivity index (χ1) is 14.1. The number of benzene rings is 3. The van der Waals surface area contributed by atoms with E-state index in [0.717, 1.165) is 33.2 Å². The van der Waals surface area contributed by atoms with E-state index in [-0.39, 0.29) is 6.04 Å². The Morgan fingerprint density at radius 2 is 1.62 bits per heavy atom. The Kier molecular flexibility index (Phi) is 5.69. The molecule has 0 radical (unpaired) electrons. The van der Waals surface area contributed by atoms with E-state index in [9.17, 15) is 0 Å². The second kappa shape index (κ2) is 8.55. The van der Waals surface area contributed by atoms with Crippen LogP contribution in [0.1, 0.15) is 28.6 Å². The smallest absolute Gasteiger partial charge is 0.178 e. The summed E-state index contributed by atoms with van der Waals surface area (Å²) >= 11 is 6.42. The van der Waals surface area contributed by atoms with E-state index in [1.54, 1.807) is 0 Å². The van der Waals surface area contributed by atoms with E-state index in [1.807, 2.05) is 65.3 Å². The molecule has 4 rings (SSSR count). The Hall–Kier alpha value is -3.02. The average molecular weight is 404 g/mol. The molecule has 0 aliphatic carbocycles. The molecule has 6 heteroatoms. The summed E-state index contributed by atoms with van der Waals surface area (Å²) in [5.41, 5.74) is 4.26. The van der Waals surface area contributed by atoms with Crippen LogP contribution in [0.4, 0.5) is 0 Å². The highest BCUT2D eigenvalue weighted by atomic mass is 35.5. The van der Waals surface area contributed by atoms with E-state index in [4.69, 9.17) is 11.6 Å². The van der Waals surface area contributed by atoms with Crippen LogP contribution in [0.5, 0.6) is 0 Å². The lowest BCUT2D eigenvalue weighted by Crippen LogP contribution is -2.28. The van der Waals surface area contributed by atoms with Crippen LogP contribution in [-0.4, -0.2) is 32.2 Å². The second-order valence-corrected chi connectivity index (χ2v) is 7.46. The molecule has 0 bridgehead atoms. The van der Waals surface area contributed by atoms with Gasteiger partial charge in [0, 0.05) is 11.6 Å². The van der Waals surface area contributed by atoms with Crippen LogP contribution in [-0.2, 0) is 6.54 Å². The second-order valence-electron chi connectivity index (χ2n) is 7.06. The van der Waals surface area contributed by atoms with Crippen molar-refractivity contribution in [3.63, 3.8) is 0 Å². The molecule has 4 aromatic rings. The summed E-state index contributed by atoms with van der Waals surface area (Å²) in [6.45, 7) is 2.73. The van der Waals surface area contributed by atoms with Crippen molar-refractivity contribution in [3.8, 4) is 5.69 Å². The molecule has 1 aromatic heterocycles. The van der Waals surface area contributed by atoms with Crippen LogP contribution in [0.3, 0.4) is 0 Å². The number of para-hydroxylation sites is 1. The minimum absolute atomic E-state index is 0.137. The fourth-order valence-electron chi connectivity index (χ4n) is 3.56. The number of hydrogen-bond donors (Lipinski definition) is 0. The molecular formula is C23H22ClN5. The Balaban J connectivity index is 1.78. The Bertz CT molecular complexity index is 1090. The zero-order chi connectivity index (χ0) is 20.2. The molecule has 0 aliphatic heterocycles. The maximum atomic E-state index is 6.42. The van der Waals surface area contributed by atoms with Crippen LogP contribution < -0.4 is 0 Å². The fourth-order valence-corrected chi connectivity index (χ4v) is 3.76. The lowest BCUT2D eigenvalue weighted by Gasteiger charge is -2.28. The van der Waals surface area contributed by atoms with Crippen LogP contribution in [0.15, 0.2) is 78.9 Å². The van der Waals surface area contributed by atoms with Crippen molar-refractivity contribution in [2.75, 3.05) is 7.05 Å². The number of nitrogens with zero attached hydrogens (tertiary/aromatic N) is 5. The van der Waals surface area contributed by atoms with E-state index in [0.29, 0.717) is 6.54 Å². The molecule has 0 unspecified atom stereocenters. The summed E-state index contributed by atoms with van der Waals surface area (Å²) in [6, 6.07) is 26.2. The normalized spacial score (nSPS) is 12.3. The third-order valence-corrected chi connectivity index (χ3v) is 5.38. The van der Waals surface area contributed by atoms with Crippen LogP contribution in [0.2, 0.25) is 5.02 Å². The average Bonchev–Trinajstić information content (AvgIpc) is 3.20. The maximum Gasteiger partial charge on any atom is 0.178 e. The fraction of sp³-hybridized carbons (Fsp3) is 0.174. The molecule has 1 heterocycles. The minimum Gasteiger partial charge on any atom is -0.288 e. The highest BCUT2D eigenvalue weighted by Crippen LogP contribution is 2.30. The highest BCUT2D eigenvalue weighted by Gasteiger charge is 2.27. The van der Waals surface area contributed by atoms with E-state index < -0.39 is 0 Å². The monoisotopic (exact) mass is 403 g/mol. The first-order valence-electron chi connectivity index (χ1n) is 9.48. The summed E-state index contributed by atoms with van der Waals surface area (Å²) in [6.07, 6.45) is 0. The summed E-state index contributed by atoms with van der Waals surface area (Å²) < 4.78 is 1.83. The maximum absolute atomic E-state index is 6.42. The Labute approximate surface area is 175 Å². The van der Waals surface area contributed by atoms with Gasteiger partial charge in [0.2, 0.25) is 0 Å². The zero-order valence-electron chi connectivity index (χ0n) is 16.4. The topological polar surface area (TPSA) is 46.8 Å². The van der Waals surface area contributed by atoms with Gasteiger partial charge in [-0.3, -0.25) is 4.90 Å². The van der Waals surface area contributed by atoms with E-state index in [2.05, 4.69) is 52.6 Å². The Morgan fingerprint density at radius 1 is 0.931 bits per heavy atom. The number of aromatic nitrogens is 4. The molecule has 0 aliphatic rings. The molecule has 0 spiro atoms. The van der Waals surface area contributed by atoms with Gasteiger partial charge in [0.1, 0.15) is 0 Å². The van der Waals surface area contributed by atoms with Crippen LogP contribution >= 0.6 is 11.6 Å². The number of halogens is 1. The largest absolute Gasteiger partial charge is 0.288 e. The SMILES string of the molecule is Cc1ccccc1-n1nnnc1[C@H](c1ccccc1)N(C)Cc1ccccc1Cl. The molecule has 0 saturated carbocycles. The van der Waals surface area contributed by atoms with E-state index >= 15 is 0 Å². The lowest BCUT2D eigenvalue weighted by molar-refractivity contribution is 0.258. The predicted molar refractivity (Wildman–Crippen MR) is 115 cm³/mol. The highest BCUT2D eigenvalue weighted by molar-refractivity contribution is 6.31. The molecule has 0 fully saturated rings. The van der Waals surface area contributed by atoms with Crippen LogP contribution in [0.25, 0.3) is 5.69 Å². The summed E-state index contributed by atoms with van der Waals surface area (Å²) in [4.78, 5) is 2.22. The molecule has 3 aromatic carbocycles. The number of hydrogen-bond acceptors (Lipinski definition) is 4. The van der Waals surface area contributed by atoms with Gasteiger partial charge in [0.25, 0.3) is 0 Å². The van der Waals surface area contributed by atoms with Crippen molar-refractivity contribution in [1.82, 2.24) is 25.1 Å². The molecule has 0 saturated heterocycles. The van der Waals surface area contributed by atoms with Crippen molar-refractivity contribution >= 4 is 11.6 Å². The lowest BCUT2D eigenvalue weighted by atomic mass is 10.0. The molecular weight excluding hydrogens is 382 g/mol. The third kappa shape index (κ3) is 4.06. The van der Waals surface area contributed by atoms with E-state index in [1.165, 1.54) is 0 Å². The van der Waals surface area contributed by atoms with Crippen molar-refractivity contribution in [1.29, 1.82) is 0 Å². The van der Waals surface area contributed by atoms with Gasteiger partial charge in [-0.1, -0.05) is 78.3 Å². The van der Waals surface area contributed by atoms with Crippen molar-refractivity contribution < 1.29 is 0 Å². The number of tetrazole rings is 1. The predicted octanol–water partition coefficient (Wildman–Crippen LogP) is 4.85. The molecule has 29 heavy (non-hydrogen) atoms. The molecule has 0 amide bonds. The van der Waals surface area contributed by atoms with Gasteiger partial charge in [-0.15, -0.1) is 5.10 Å². The molecule has 1 atom stereocenters. The third-order valence-electron chi connectivity index (χ3n) is 5.02. The molecule has 5 nitrogen and oxygen atoms in total. The van der Waals surface area contributed by atoms with Gasteiger partial charge in [0.05, 0.1) is 11.7 Å². The van der Waals surface area contributed by atoms with Crippen molar-refractivity contribution in [3.05, 3.63) is 106 Å². The van der Waals surface area contributed by atoms with Gasteiger partial charge < -0.3 is 0 Å². The molecule has 146 valence electrons. The zero-order valence-corrected chi connectivity index (χ0v) is 17.2. The van der Waals surface area contributed by atoms with Gasteiger partial charge in [-0.2, -0.15) is 4.68 Å². The first-order valence-corrected chi connectivity index (χ1v) is 9.86. The standard InChI is InChI=1S/C23H22ClN5/c1-17-10-6-9-15-21(17)29-23(25-26-27-29)22(18-11-4-3-5-12-18)28(2)16-19-13-7-8-14-20(19)24/h3-15,22H,16H2,1-2H3/t22-/m0/s1. The minimum atomic E-state index is -0.137. The van der Waals surface area contributed by atoms with Crippen molar-refractivity contribution in [2.24, 2.45) is 0 Å². The quantitative estimate of drug-likeness (QED) is 0.462. The number of aryl methyl sites for hydroxylation is 1. The molecule has 0 N–H and O–H groups in total. The van der Waals surface area contributed by atoms with Crippen molar-refractivity contribution in [2.45, 2.75) is 19.5 Å². The van der Waals surface area contributed by atoms with Gasteiger partial charge in [-0.25, -0.2) is 0 Å². The summed E-state index contributed by atoms with van der Waals surface area (Å²) in [7, 11) is 2.07. The van der Waals surface area contributed by atoms with Gasteiger partial charge in [0.15, 0.2) is 5.82 Å². The van der Waals surface area contributed by atoms with Crippen LogP contribution in [0, 0.1) is 6.92 Å². The van der Waals surface area contributed by atoms with Gasteiger partial charge >= 0.3 is 0 Å².